The number of nitrogens with one attached hydrogen (secondary N) is 1. The van der Waals surface area contributed by atoms with Gasteiger partial charge in [-0.1, -0.05) is 13.0 Å². The van der Waals surface area contributed by atoms with Gasteiger partial charge in [0.05, 0.1) is 4.88 Å². The van der Waals surface area contributed by atoms with Crippen molar-refractivity contribution in [1.82, 2.24) is 19.9 Å². The van der Waals surface area contributed by atoms with E-state index < -0.39 is 5.91 Å². The number of hydrogen-bond acceptors (Lipinski definition) is 5. The number of nitrogens with zero attached hydrogens (tertiary/aromatic N) is 3. The Morgan fingerprint density at radius 2 is 1.69 bits per heavy atom. The molecule has 3 aromatic rings. The van der Waals surface area contributed by atoms with Gasteiger partial charge in [-0.3, -0.25) is 34.2 Å². The van der Waals surface area contributed by atoms with Crippen molar-refractivity contribution in [1.29, 1.82) is 0 Å². The predicted octanol–water partition coefficient (Wildman–Crippen LogP) is 3.64. The molecule has 1 aliphatic rings. The standard InChI is InChI=1S/C19H17N3O3S.C7H13NO/c1-13-6-11-16(26-13)19(25)21(2)20-18(24)14-7-9-15(10-8-14)22-12-4-3-5-17(22)23;1-2-7(9)8-5-3-4-6-8/h3-12H,1-2H3,(H,20,24);2-6H2,1H3. The van der Waals surface area contributed by atoms with Crippen LogP contribution < -0.4 is 11.0 Å². The van der Waals surface area contributed by atoms with Crippen LogP contribution in [0.3, 0.4) is 0 Å². The lowest BCUT2D eigenvalue weighted by Gasteiger charge is -2.17. The molecule has 0 aliphatic carbocycles. The van der Waals surface area contributed by atoms with Crippen LogP contribution in [0.25, 0.3) is 5.69 Å². The van der Waals surface area contributed by atoms with Gasteiger partial charge in [-0.25, -0.2) is 0 Å². The number of hydrazine groups is 1. The molecule has 1 aromatic carbocycles. The third-order valence-corrected chi connectivity index (χ3v) is 6.51. The summed E-state index contributed by atoms with van der Waals surface area (Å²) in [7, 11) is 1.51. The fourth-order valence-electron chi connectivity index (χ4n) is 3.59. The average Bonchev–Trinajstić information content (AvgIpc) is 3.56. The van der Waals surface area contributed by atoms with Gasteiger partial charge < -0.3 is 4.90 Å². The van der Waals surface area contributed by atoms with Crippen molar-refractivity contribution in [2.24, 2.45) is 0 Å². The van der Waals surface area contributed by atoms with E-state index in [9.17, 15) is 19.2 Å². The van der Waals surface area contributed by atoms with Crippen LogP contribution in [-0.2, 0) is 4.79 Å². The van der Waals surface area contributed by atoms with E-state index in [4.69, 9.17) is 0 Å². The minimum atomic E-state index is -0.402. The zero-order chi connectivity index (χ0) is 25.4. The molecule has 1 aliphatic heterocycles. The maximum absolute atomic E-state index is 12.3. The Labute approximate surface area is 208 Å². The fraction of sp³-hybridized carbons (Fsp3) is 0.308. The summed E-state index contributed by atoms with van der Waals surface area (Å²) < 4.78 is 1.48. The quantitative estimate of drug-likeness (QED) is 0.561. The molecule has 184 valence electrons. The first-order valence-corrected chi connectivity index (χ1v) is 12.3. The molecular formula is C26H30N4O4S. The molecule has 0 atom stereocenters. The molecule has 0 spiro atoms. The highest BCUT2D eigenvalue weighted by molar-refractivity contribution is 7.13. The summed E-state index contributed by atoms with van der Waals surface area (Å²) in [4.78, 5) is 50.9. The summed E-state index contributed by atoms with van der Waals surface area (Å²) >= 11 is 1.37. The molecule has 0 radical (unpaired) electrons. The molecular weight excluding hydrogens is 464 g/mol. The number of carbonyl (C=O) groups is 3. The van der Waals surface area contributed by atoms with Crippen LogP contribution in [0.5, 0.6) is 0 Å². The van der Waals surface area contributed by atoms with Crippen molar-refractivity contribution in [2.45, 2.75) is 33.1 Å². The van der Waals surface area contributed by atoms with Gasteiger partial charge in [0.15, 0.2) is 0 Å². The second-order valence-corrected chi connectivity index (χ2v) is 9.40. The van der Waals surface area contributed by atoms with E-state index in [0.29, 0.717) is 28.5 Å². The Morgan fingerprint density at radius 3 is 2.26 bits per heavy atom. The molecule has 0 bridgehead atoms. The minimum Gasteiger partial charge on any atom is -0.343 e. The second kappa shape index (κ2) is 12.1. The zero-order valence-corrected chi connectivity index (χ0v) is 21.0. The smallest absolute Gasteiger partial charge is 0.282 e. The van der Waals surface area contributed by atoms with Gasteiger partial charge in [-0.15, -0.1) is 11.3 Å². The first-order valence-electron chi connectivity index (χ1n) is 11.5. The first kappa shape index (κ1) is 25.9. The zero-order valence-electron chi connectivity index (χ0n) is 20.2. The maximum atomic E-state index is 12.3. The topological polar surface area (TPSA) is 91.7 Å². The van der Waals surface area contributed by atoms with Gasteiger partial charge >= 0.3 is 0 Å². The fourth-order valence-corrected chi connectivity index (χ4v) is 4.43. The van der Waals surface area contributed by atoms with Crippen LogP contribution >= 0.6 is 11.3 Å². The minimum absolute atomic E-state index is 0.152. The number of rotatable bonds is 4. The Bertz CT molecular complexity index is 1230. The van der Waals surface area contributed by atoms with Crippen LogP contribution in [0.15, 0.2) is 65.6 Å². The molecule has 1 N–H and O–H groups in total. The summed E-state index contributed by atoms with van der Waals surface area (Å²) in [5, 5.41) is 1.17. The van der Waals surface area contributed by atoms with E-state index in [-0.39, 0.29) is 11.5 Å². The van der Waals surface area contributed by atoms with E-state index in [1.165, 1.54) is 46.9 Å². The summed E-state index contributed by atoms with van der Waals surface area (Å²) in [5.41, 5.74) is 3.45. The molecule has 1 fully saturated rings. The number of hydrogen-bond donors (Lipinski definition) is 1. The molecule has 2 aromatic heterocycles. The normalized spacial score (nSPS) is 12.5. The van der Waals surface area contributed by atoms with Crippen LogP contribution in [0.1, 0.15) is 51.1 Å². The Morgan fingerprint density at radius 1 is 1.00 bits per heavy atom. The number of aryl methyl sites for hydroxylation is 1. The Hall–Kier alpha value is -3.72. The molecule has 35 heavy (non-hydrogen) atoms. The Balaban J connectivity index is 0.000000320. The van der Waals surface area contributed by atoms with Crippen molar-refractivity contribution >= 4 is 29.1 Å². The van der Waals surface area contributed by atoms with E-state index in [1.807, 2.05) is 24.8 Å². The maximum Gasteiger partial charge on any atom is 0.282 e. The largest absolute Gasteiger partial charge is 0.343 e. The molecule has 4 rings (SSSR count). The van der Waals surface area contributed by atoms with Crippen molar-refractivity contribution in [3.63, 3.8) is 0 Å². The highest BCUT2D eigenvalue weighted by Gasteiger charge is 2.17. The molecule has 8 nitrogen and oxygen atoms in total. The average molecular weight is 495 g/mol. The van der Waals surface area contributed by atoms with Crippen molar-refractivity contribution in [2.75, 3.05) is 20.1 Å². The molecule has 3 amide bonds. The van der Waals surface area contributed by atoms with E-state index in [2.05, 4.69) is 5.43 Å². The van der Waals surface area contributed by atoms with Crippen molar-refractivity contribution < 1.29 is 14.4 Å². The van der Waals surface area contributed by atoms with Crippen LogP contribution in [0.4, 0.5) is 0 Å². The number of benzene rings is 1. The van der Waals surface area contributed by atoms with E-state index in [0.717, 1.165) is 18.0 Å². The molecule has 0 saturated carbocycles. The van der Waals surface area contributed by atoms with Gasteiger partial charge in [0.1, 0.15) is 0 Å². The van der Waals surface area contributed by atoms with Crippen LogP contribution in [0.2, 0.25) is 0 Å². The first-order chi connectivity index (χ1) is 16.8. The van der Waals surface area contributed by atoms with Gasteiger partial charge in [0.25, 0.3) is 17.4 Å². The van der Waals surface area contributed by atoms with Gasteiger partial charge in [0.2, 0.25) is 5.91 Å². The third-order valence-electron chi connectivity index (χ3n) is 5.52. The molecule has 0 unspecified atom stereocenters. The lowest BCUT2D eigenvalue weighted by molar-refractivity contribution is -0.129. The lowest BCUT2D eigenvalue weighted by atomic mass is 10.2. The lowest BCUT2D eigenvalue weighted by Crippen LogP contribution is -2.43. The van der Waals surface area contributed by atoms with E-state index >= 15 is 0 Å². The predicted molar refractivity (Wildman–Crippen MR) is 137 cm³/mol. The third kappa shape index (κ3) is 6.89. The number of amides is 3. The number of pyridine rings is 1. The Kier molecular flexibility index (Phi) is 8.97. The summed E-state index contributed by atoms with van der Waals surface area (Å²) in [6, 6.07) is 15.1. The van der Waals surface area contributed by atoms with Gasteiger partial charge in [-0.05, 0) is 62.2 Å². The van der Waals surface area contributed by atoms with Crippen LogP contribution in [-0.4, -0.2) is 52.3 Å². The molecule has 3 heterocycles. The molecule has 9 heteroatoms. The number of aromatic nitrogens is 1. The summed E-state index contributed by atoms with van der Waals surface area (Å²) in [6.07, 6.45) is 4.73. The van der Waals surface area contributed by atoms with Gasteiger partial charge in [0, 0.05) is 54.9 Å². The SMILES string of the molecule is CCC(=O)N1CCCC1.Cc1ccc(C(=O)N(C)NC(=O)c2ccc(-n3ccccc3=O)cc2)s1. The highest BCUT2D eigenvalue weighted by atomic mass is 32.1. The highest BCUT2D eigenvalue weighted by Crippen LogP contribution is 2.16. The van der Waals surface area contributed by atoms with Gasteiger partial charge in [-0.2, -0.15) is 0 Å². The van der Waals surface area contributed by atoms with Crippen LogP contribution in [0, 0.1) is 6.92 Å². The number of likely N-dealkylation sites (tertiary alicyclic amines) is 1. The van der Waals surface area contributed by atoms with Crippen molar-refractivity contribution in [3.8, 4) is 5.69 Å². The molecule has 1 saturated heterocycles. The monoisotopic (exact) mass is 494 g/mol. The second-order valence-electron chi connectivity index (χ2n) is 8.11. The summed E-state index contributed by atoms with van der Waals surface area (Å²) in [5.74, 6) is -0.363. The number of thiophene rings is 1. The van der Waals surface area contributed by atoms with E-state index in [1.54, 1.807) is 48.7 Å². The summed E-state index contributed by atoms with van der Waals surface area (Å²) in [6.45, 7) is 5.82. The number of carbonyl (C=O) groups excluding carboxylic acids is 3. The van der Waals surface area contributed by atoms with Crippen molar-refractivity contribution in [3.05, 3.63) is 86.5 Å².